The van der Waals surface area contributed by atoms with Gasteiger partial charge < -0.3 is 4.90 Å². The van der Waals surface area contributed by atoms with Crippen LogP contribution < -0.4 is 4.90 Å². The van der Waals surface area contributed by atoms with E-state index < -0.39 is 5.41 Å². The van der Waals surface area contributed by atoms with Crippen molar-refractivity contribution in [3.8, 4) is 22.3 Å². The van der Waals surface area contributed by atoms with E-state index in [1.54, 1.807) is 0 Å². The quantitative estimate of drug-likeness (QED) is 0.155. The number of nitrogens with zero attached hydrogens (tertiary/aromatic N) is 1. The summed E-state index contributed by atoms with van der Waals surface area (Å²) in [6.45, 7) is 0. The van der Waals surface area contributed by atoms with Gasteiger partial charge in [0.1, 0.15) is 0 Å². The molecule has 1 fully saturated rings. The normalized spacial score (nSPS) is 14.6. The van der Waals surface area contributed by atoms with Gasteiger partial charge in [-0.25, -0.2) is 0 Å². The number of hydrogen-bond donors (Lipinski definition) is 0. The molecule has 10 aromatic rings. The lowest BCUT2D eigenvalue weighted by Gasteiger charge is -2.34. The average Bonchev–Trinajstić information content (AvgIpc) is 3.87. The third kappa shape index (κ3) is 5.66. The molecule has 292 valence electrons. The molecule has 0 radical (unpaired) electrons. The largest absolute Gasteiger partial charge is 0.308 e. The van der Waals surface area contributed by atoms with Gasteiger partial charge in [0.15, 0.2) is 0 Å². The standard InChI is InChI=1S/C59H45NS/c1-3-18-40(19-4-1)45-28-15-20-41-21-16-29-50(57(41)45)48-26-9-13-33-54(48)60(55-34-17-30-51-49-27-10-14-35-56(49)61-58(51)55)44-38-36-43(37-39-44)59(42-22-5-2-6-23-42)52-31-11-7-24-46(52)47-25-8-12-32-53(47)59/h2,5-17,20-40H,1,3-4,18-19H2. The summed E-state index contributed by atoms with van der Waals surface area (Å²) in [5, 5.41) is 5.33. The number of thiophene rings is 1. The Morgan fingerprint density at radius 3 is 1.77 bits per heavy atom. The summed E-state index contributed by atoms with van der Waals surface area (Å²) >= 11 is 1.89. The number of anilines is 3. The van der Waals surface area contributed by atoms with Gasteiger partial charge in [0.05, 0.1) is 21.5 Å². The van der Waals surface area contributed by atoms with E-state index in [-0.39, 0.29) is 0 Å². The number of rotatable bonds is 7. The van der Waals surface area contributed by atoms with Crippen LogP contribution in [0.1, 0.15) is 65.8 Å². The molecular formula is C59H45NS. The van der Waals surface area contributed by atoms with Crippen LogP contribution in [0.25, 0.3) is 53.2 Å². The van der Waals surface area contributed by atoms with Crippen LogP contribution in [0, 0.1) is 0 Å². The SMILES string of the molecule is c1ccc(C2(c3ccc(N(c4ccccc4-c4cccc5cccc(C6CCCCC6)c45)c4cccc5c4sc4ccccc45)cc3)c3ccccc3-c3ccccc32)cc1. The second-order valence-electron chi connectivity index (χ2n) is 16.9. The maximum atomic E-state index is 2.55. The van der Waals surface area contributed by atoms with Gasteiger partial charge in [-0.15, -0.1) is 11.3 Å². The Kier molecular flexibility index (Phi) is 8.75. The lowest BCUT2D eigenvalue weighted by Crippen LogP contribution is -2.28. The van der Waals surface area contributed by atoms with E-state index in [0.29, 0.717) is 5.92 Å². The molecule has 0 atom stereocenters. The molecule has 2 aliphatic carbocycles. The molecule has 2 aliphatic rings. The average molecular weight is 800 g/mol. The van der Waals surface area contributed by atoms with Crippen molar-refractivity contribution in [1.82, 2.24) is 0 Å². The predicted molar refractivity (Wildman–Crippen MR) is 260 cm³/mol. The highest BCUT2D eigenvalue weighted by atomic mass is 32.1. The van der Waals surface area contributed by atoms with Gasteiger partial charge in [-0.3, -0.25) is 0 Å². The molecule has 1 heterocycles. The van der Waals surface area contributed by atoms with Crippen molar-refractivity contribution in [3.05, 3.63) is 234 Å². The van der Waals surface area contributed by atoms with Crippen LogP contribution in [0.15, 0.2) is 206 Å². The van der Waals surface area contributed by atoms with Gasteiger partial charge >= 0.3 is 0 Å². The lowest BCUT2D eigenvalue weighted by atomic mass is 9.68. The van der Waals surface area contributed by atoms with Gasteiger partial charge in [-0.2, -0.15) is 0 Å². The van der Waals surface area contributed by atoms with Crippen LogP contribution in [0.2, 0.25) is 0 Å². The molecule has 0 saturated heterocycles. The van der Waals surface area contributed by atoms with Crippen molar-refractivity contribution in [2.75, 3.05) is 4.90 Å². The Balaban J connectivity index is 1.10. The first-order valence-corrected chi connectivity index (χ1v) is 22.8. The summed E-state index contributed by atoms with van der Waals surface area (Å²) in [4.78, 5) is 2.55. The Morgan fingerprint density at radius 2 is 1.00 bits per heavy atom. The molecule has 12 rings (SSSR count). The predicted octanol–water partition coefficient (Wildman–Crippen LogP) is 16.8. The maximum absolute atomic E-state index is 2.55. The van der Waals surface area contributed by atoms with Crippen molar-refractivity contribution in [3.63, 3.8) is 0 Å². The van der Waals surface area contributed by atoms with E-state index in [9.17, 15) is 0 Å². The molecule has 0 N–H and O–H groups in total. The van der Waals surface area contributed by atoms with E-state index in [0.717, 1.165) is 5.69 Å². The molecule has 0 bridgehead atoms. The van der Waals surface area contributed by atoms with Crippen LogP contribution >= 0.6 is 11.3 Å². The van der Waals surface area contributed by atoms with Crippen LogP contribution in [-0.4, -0.2) is 0 Å². The first-order chi connectivity index (χ1) is 30.3. The zero-order valence-corrected chi connectivity index (χ0v) is 34.9. The van der Waals surface area contributed by atoms with Crippen LogP contribution in [0.4, 0.5) is 17.1 Å². The van der Waals surface area contributed by atoms with Gasteiger partial charge in [-0.1, -0.05) is 195 Å². The summed E-state index contributed by atoms with van der Waals surface area (Å²) in [6, 6.07) is 77.5. The third-order valence-electron chi connectivity index (χ3n) is 13.8. The number of para-hydroxylation sites is 1. The third-order valence-corrected chi connectivity index (χ3v) is 15.0. The monoisotopic (exact) mass is 799 g/mol. The Bertz CT molecular complexity index is 3190. The Morgan fingerprint density at radius 1 is 0.426 bits per heavy atom. The second-order valence-corrected chi connectivity index (χ2v) is 18.0. The summed E-state index contributed by atoms with van der Waals surface area (Å²) < 4.78 is 2.60. The fourth-order valence-corrected chi connectivity index (χ4v) is 12.3. The van der Waals surface area contributed by atoms with Gasteiger partial charge in [0.2, 0.25) is 0 Å². The van der Waals surface area contributed by atoms with Crippen LogP contribution in [0.5, 0.6) is 0 Å². The van der Waals surface area contributed by atoms with Crippen molar-refractivity contribution in [2.24, 2.45) is 0 Å². The first kappa shape index (κ1) is 36.1. The minimum absolute atomic E-state index is 0.459. The molecule has 0 aliphatic heterocycles. The van der Waals surface area contributed by atoms with Crippen molar-refractivity contribution in [2.45, 2.75) is 43.4 Å². The zero-order chi connectivity index (χ0) is 40.3. The van der Waals surface area contributed by atoms with E-state index in [2.05, 4.69) is 211 Å². The van der Waals surface area contributed by atoms with E-state index in [4.69, 9.17) is 0 Å². The first-order valence-electron chi connectivity index (χ1n) is 22.0. The zero-order valence-electron chi connectivity index (χ0n) is 34.1. The molecule has 1 saturated carbocycles. The van der Waals surface area contributed by atoms with Crippen LogP contribution in [0.3, 0.4) is 0 Å². The molecular weight excluding hydrogens is 755 g/mol. The molecule has 0 spiro atoms. The molecule has 9 aromatic carbocycles. The van der Waals surface area contributed by atoms with Crippen molar-refractivity contribution < 1.29 is 0 Å². The van der Waals surface area contributed by atoms with E-state index in [1.165, 1.54) is 124 Å². The highest BCUT2D eigenvalue weighted by Crippen LogP contribution is 2.57. The number of fused-ring (bicyclic) bond motifs is 7. The van der Waals surface area contributed by atoms with E-state index in [1.807, 2.05) is 11.3 Å². The van der Waals surface area contributed by atoms with Crippen molar-refractivity contribution in [1.29, 1.82) is 0 Å². The fourth-order valence-electron chi connectivity index (χ4n) is 11.1. The smallest absolute Gasteiger partial charge is 0.0713 e. The van der Waals surface area contributed by atoms with E-state index >= 15 is 0 Å². The van der Waals surface area contributed by atoms with Gasteiger partial charge in [0, 0.05) is 26.7 Å². The summed E-state index contributed by atoms with van der Waals surface area (Å²) in [7, 11) is 0. The Hall–Kier alpha value is -6.74. The number of hydrogen-bond acceptors (Lipinski definition) is 2. The van der Waals surface area contributed by atoms with Crippen LogP contribution in [-0.2, 0) is 5.41 Å². The van der Waals surface area contributed by atoms with Crippen molar-refractivity contribution >= 4 is 59.3 Å². The highest BCUT2D eigenvalue weighted by molar-refractivity contribution is 7.26. The van der Waals surface area contributed by atoms with Gasteiger partial charge in [-0.05, 0) is 104 Å². The minimum atomic E-state index is -0.459. The molecule has 1 nitrogen and oxygen atoms in total. The number of benzene rings is 9. The summed E-state index contributed by atoms with van der Waals surface area (Å²) in [5.74, 6) is 0.587. The molecule has 2 heteroatoms. The lowest BCUT2D eigenvalue weighted by molar-refractivity contribution is 0.445. The second kappa shape index (κ2) is 14.8. The maximum Gasteiger partial charge on any atom is 0.0713 e. The molecule has 1 aromatic heterocycles. The summed E-state index contributed by atoms with van der Waals surface area (Å²) in [6.07, 6.45) is 6.50. The molecule has 0 amide bonds. The molecule has 0 unspecified atom stereocenters. The fraction of sp³-hybridized carbons (Fsp3) is 0.119. The Labute approximate surface area is 362 Å². The topological polar surface area (TPSA) is 3.24 Å². The minimum Gasteiger partial charge on any atom is -0.308 e. The molecule has 61 heavy (non-hydrogen) atoms. The highest BCUT2D eigenvalue weighted by Gasteiger charge is 2.45. The summed E-state index contributed by atoms with van der Waals surface area (Å²) in [5.41, 5.74) is 14.9. The van der Waals surface area contributed by atoms with Gasteiger partial charge in [0.25, 0.3) is 0 Å².